The molecule has 4 heteroatoms. The third-order valence-electron chi connectivity index (χ3n) is 2.56. The highest BCUT2D eigenvalue weighted by Gasteiger charge is 2.21. The van der Waals surface area contributed by atoms with Crippen LogP contribution in [0.1, 0.15) is 35.3 Å². The zero-order valence-electron chi connectivity index (χ0n) is 9.51. The lowest BCUT2D eigenvalue weighted by Crippen LogP contribution is -2.27. The number of rotatable bonds is 4. The van der Waals surface area contributed by atoms with E-state index in [9.17, 15) is 9.90 Å². The molecule has 16 heavy (non-hydrogen) atoms. The fourth-order valence-corrected chi connectivity index (χ4v) is 1.54. The van der Waals surface area contributed by atoms with Crippen LogP contribution in [0.15, 0.2) is 24.3 Å². The molecule has 88 valence electrons. The van der Waals surface area contributed by atoms with E-state index >= 15 is 0 Å². The molecule has 1 rings (SSSR count). The summed E-state index contributed by atoms with van der Waals surface area (Å²) < 4.78 is 4.66. The van der Waals surface area contributed by atoms with Crippen LogP contribution >= 0.6 is 0 Å². The van der Waals surface area contributed by atoms with Crippen LogP contribution in [-0.4, -0.2) is 24.3 Å². The molecule has 0 aliphatic heterocycles. The van der Waals surface area contributed by atoms with Gasteiger partial charge in [0.25, 0.3) is 0 Å². The third kappa shape index (κ3) is 2.59. The maximum absolute atomic E-state index is 11.5. The second-order valence-electron chi connectivity index (χ2n) is 3.58. The number of carbonyl (C=O) groups excluding carboxylic acids is 1. The van der Waals surface area contributed by atoms with Gasteiger partial charge < -0.3 is 15.6 Å². The van der Waals surface area contributed by atoms with Gasteiger partial charge in [0.1, 0.15) is 0 Å². The molecule has 0 heterocycles. The Morgan fingerprint density at radius 2 is 2.12 bits per heavy atom. The lowest BCUT2D eigenvalue weighted by Gasteiger charge is -2.19. The standard InChI is InChI=1S/C12H17NO3/c1-3-10(14)11(13)8-6-4-5-7-9(8)12(15)16-2/h4-7,10-11,14H,3,13H2,1-2H3/t10-,11+/m1/s1. The Bertz CT molecular complexity index is 365. The average Bonchev–Trinajstić information content (AvgIpc) is 2.35. The van der Waals surface area contributed by atoms with E-state index in [-0.39, 0.29) is 0 Å². The van der Waals surface area contributed by atoms with Crippen molar-refractivity contribution < 1.29 is 14.6 Å². The van der Waals surface area contributed by atoms with Gasteiger partial charge in [-0.3, -0.25) is 0 Å². The summed E-state index contributed by atoms with van der Waals surface area (Å²) in [6.07, 6.45) is -0.123. The Kier molecular flexibility index (Phi) is 4.46. The highest BCUT2D eigenvalue weighted by atomic mass is 16.5. The molecule has 0 saturated carbocycles. The number of carbonyl (C=O) groups is 1. The number of ether oxygens (including phenoxy) is 1. The van der Waals surface area contributed by atoms with Crippen LogP contribution in [0.4, 0.5) is 0 Å². The van der Waals surface area contributed by atoms with Gasteiger partial charge in [-0.2, -0.15) is 0 Å². The molecule has 0 aliphatic carbocycles. The predicted octanol–water partition coefficient (Wildman–Crippen LogP) is 1.24. The van der Waals surface area contributed by atoms with E-state index in [2.05, 4.69) is 4.74 Å². The maximum atomic E-state index is 11.5. The molecule has 0 unspecified atom stereocenters. The summed E-state index contributed by atoms with van der Waals surface area (Å²) >= 11 is 0. The molecule has 1 aromatic rings. The molecular weight excluding hydrogens is 206 g/mol. The highest BCUT2D eigenvalue weighted by molar-refractivity contribution is 5.91. The zero-order valence-corrected chi connectivity index (χ0v) is 9.51. The summed E-state index contributed by atoms with van der Waals surface area (Å²) in [5.74, 6) is -0.436. The van der Waals surface area contributed by atoms with Crippen molar-refractivity contribution >= 4 is 5.97 Å². The van der Waals surface area contributed by atoms with Crippen molar-refractivity contribution in [3.8, 4) is 0 Å². The van der Waals surface area contributed by atoms with Crippen molar-refractivity contribution in [2.75, 3.05) is 7.11 Å². The Morgan fingerprint density at radius 1 is 1.50 bits per heavy atom. The van der Waals surface area contributed by atoms with Gasteiger partial charge in [0.2, 0.25) is 0 Å². The second kappa shape index (κ2) is 5.63. The number of hydrogen-bond donors (Lipinski definition) is 2. The molecule has 3 N–H and O–H groups in total. The van der Waals surface area contributed by atoms with Crippen molar-refractivity contribution in [3.63, 3.8) is 0 Å². The first-order valence-electron chi connectivity index (χ1n) is 5.22. The Hall–Kier alpha value is -1.39. The first kappa shape index (κ1) is 12.7. The van der Waals surface area contributed by atoms with Crippen LogP contribution in [0.2, 0.25) is 0 Å². The topological polar surface area (TPSA) is 72.5 Å². The lowest BCUT2D eigenvalue weighted by molar-refractivity contribution is 0.0596. The minimum atomic E-state index is -0.661. The van der Waals surface area contributed by atoms with Crippen molar-refractivity contribution in [1.29, 1.82) is 0 Å². The van der Waals surface area contributed by atoms with Crippen LogP contribution in [0.5, 0.6) is 0 Å². The van der Waals surface area contributed by atoms with Crippen molar-refractivity contribution in [2.24, 2.45) is 5.73 Å². The van der Waals surface area contributed by atoms with E-state index in [1.54, 1.807) is 24.3 Å². The number of benzene rings is 1. The number of aliphatic hydroxyl groups excluding tert-OH is 1. The van der Waals surface area contributed by atoms with Gasteiger partial charge in [-0.15, -0.1) is 0 Å². The van der Waals surface area contributed by atoms with Gasteiger partial charge in [-0.05, 0) is 18.1 Å². The lowest BCUT2D eigenvalue weighted by atomic mass is 9.96. The number of aliphatic hydroxyl groups is 1. The normalized spacial score (nSPS) is 14.2. The summed E-state index contributed by atoms with van der Waals surface area (Å²) in [5.41, 5.74) is 6.91. The molecule has 1 aromatic carbocycles. The Labute approximate surface area is 95.0 Å². The molecule has 0 amide bonds. The van der Waals surface area contributed by atoms with Gasteiger partial charge in [0, 0.05) is 0 Å². The first-order chi connectivity index (χ1) is 7.61. The summed E-state index contributed by atoms with van der Waals surface area (Å²) in [5, 5.41) is 9.68. The molecule has 0 aliphatic rings. The number of nitrogens with two attached hydrogens (primary N) is 1. The quantitative estimate of drug-likeness (QED) is 0.753. The van der Waals surface area contributed by atoms with Gasteiger partial charge in [-0.25, -0.2) is 4.79 Å². The first-order valence-corrected chi connectivity index (χ1v) is 5.22. The van der Waals surface area contributed by atoms with E-state index < -0.39 is 18.1 Å². The highest BCUT2D eigenvalue weighted by Crippen LogP contribution is 2.21. The average molecular weight is 223 g/mol. The smallest absolute Gasteiger partial charge is 0.338 e. The largest absolute Gasteiger partial charge is 0.465 e. The Morgan fingerprint density at radius 3 is 2.69 bits per heavy atom. The van der Waals surface area contributed by atoms with Crippen LogP contribution in [0, 0.1) is 0 Å². The minimum Gasteiger partial charge on any atom is -0.465 e. The number of methoxy groups -OCH3 is 1. The van der Waals surface area contributed by atoms with E-state index in [0.29, 0.717) is 17.5 Å². The van der Waals surface area contributed by atoms with Crippen LogP contribution in [-0.2, 0) is 4.74 Å². The van der Waals surface area contributed by atoms with Gasteiger partial charge in [0.15, 0.2) is 0 Å². The molecular formula is C12H17NO3. The summed E-state index contributed by atoms with van der Waals surface area (Å²) in [6.45, 7) is 1.84. The van der Waals surface area contributed by atoms with E-state index in [4.69, 9.17) is 5.73 Å². The van der Waals surface area contributed by atoms with Gasteiger partial charge >= 0.3 is 5.97 Å². The molecule has 0 spiro atoms. The second-order valence-corrected chi connectivity index (χ2v) is 3.58. The molecule has 4 nitrogen and oxygen atoms in total. The number of esters is 1. The predicted molar refractivity (Wildman–Crippen MR) is 61.0 cm³/mol. The van der Waals surface area contributed by atoms with Crippen LogP contribution in [0.25, 0.3) is 0 Å². The fourth-order valence-electron chi connectivity index (χ4n) is 1.54. The maximum Gasteiger partial charge on any atom is 0.338 e. The van der Waals surface area contributed by atoms with E-state index in [1.807, 2.05) is 6.92 Å². The SMILES string of the molecule is CC[C@@H](O)[C@@H](N)c1ccccc1C(=O)OC. The van der Waals surface area contributed by atoms with Crippen LogP contribution in [0.3, 0.4) is 0 Å². The zero-order chi connectivity index (χ0) is 12.1. The van der Waals surface area contributed by atoms with Crippen molar-refractivity contribution in [1.82, 2.24) is 0 Å². The molecule has 0 saturated heterocycles. The van der Waals surface area contributed by atoms with E-state index in [0.717, 1.165) is 0 Å². The number of hydrogen-bond acceptors (Lipinski definition) is 4. The van der Waals surface area contributed by atoms with Crippen molar-refractivity contribution in [3.05, 3.63) is 35.4 Å². The molecule has 0 bridgehead atoms. The minimum absolute atomic E-state index is 0.407. The van der Waals surface area contributed by atoms with Gasteiger partial charge in [-0.1, -0.05) is 25.1 Å². The summed E-state index contributed by atoms with van der Waals surface area (Å²) in [6, 6.07) is 6.32. The molecule has 0 radical (unpaired) electrons. The molecule has 0 aromatic heterocycles. The van der Waals surface area contributed by atoms with Crippen LogP contribution < -0.4 is 5.73 Å². The van der Waals surface area contributed by atoms with Crippen molar-refractivity contribution in [2.45, 2.75) is 25.5 Å². The summed E-state index contributed by atoms with van der Waals surface area (Å²) in [4.78, 5) is 11.5. The monoisotopic (exact) mass is 223 g/mol. The van der Waals surface area contributed by atoms with Gasteiger partial charge in [0.05, 0.1) is 24.8 Å². The third-order valence-corrected chi connectivity index (χ3v) is 2.56. The summed E-state index contributed by atoms with van der Waals surface area (Å²) in [7, 11) is 1.32. The Balaban J connectivity index is 3.08. The molecule has 0 fully saturated rings. The van der Waals surface area contributed by atoms with E-state index in [1.165, 1.54) is 7.11 Å². The molecule has 2 atom stereocenters. The fraction of sp³-hybridized carbons (Fsp3) is 0.417.